The predicted molar refractivity (Wildman–Crippen MR) is 152 cm³/mol. The number of hydrazone groups is 1. The van der Waals surface area contributed by atoms with Gasteiger partial charge in [0.15, 0.2) is 10.9 Å². The molecule has 36 heavy (non-hydrogen) atoms. The Morgan fingerprint density at radius 2 is 1.67 bits per heavy atom. The van der Waals surface area contributed by atoms with Crippen molar-refractivity contribution < 1.29 is 0 Å². The quantitative estimate of drug-likeness (QED) is 0.398. The van der Waals surface area contributed by atoms with Crippen molar-refractivity contribution in [3.05, 3.63) is 105 Å². The molecule has 0 saturated heterocycles. The Labute approximate surface area is 221 Å². The Morgan fingerprint density at radius 3 is 2.31 bits per heavy atom. The average Bonchev–Trinajstić information content (AvgIpc) is 3.27. The second kappa shape index (κ2) is 10.6. The van der Waals surface area contributed by atoms with Crippen LogP contribution in [0, 0.1) is 20.8 Å². The monoisotopic (exact) mass is 520 g/mol. The number of rotatable bonds is 5. The number of hydrogen-bond donors (Lipinski definition) is 1. The molecule has 9 heteroatoms. The average molecular weight is 521 g/mol. The molecule has 4 aromatic rings. The van der Waals surface area contributed by atoms with Crippen molar-refractivity contribution in [2.75, 3.05) is 5.75 Å². The summed E-state index contributed by atoms with van der Waals surface area (Å²) in [6.45, 7) is 7.01. The van der Waals surface area contributed by atoms with Crippen LogP contribution in [0.25, 0.3) is 5.69 Å². The lowest BCUT2D eigenvalue weighted by Gasteiger charge is -2.15. The van der Waals surface area contributed by atoms with Crippen LogP contribution in [-0.4, -0.2) is 30.6 Å². The van der Waals surface area contributed by atoms with Crippen LogP contribution < -0.4 is 11.0 Å². The van der Waals surface area contributed by atoms with Crippen LogP contribution in [0.5, 0.6) is 0 Å². The molecule has 0 unspecified atom stereocenters. The van der Waals surface area contributed by atoms with Gasteiger partial charge in [-0.3, -0.25) is 14.9 Å². The van der Waals surface area contributed by atoms with Gasteiger partial charge in [0.25, 0.3) is 5.56 Å². The zero-order chi connectivity index (χ0) is 24.5. The molecule has 0 atom stereocenters. The normalized spacial score (nSPS) is 14.3. The van der Waals surface area contributed by atoms with Crippen LogP contribution in [0.1, 0.15) is 28.2 Å². The van der Waals surface area contributed by atoms with Crippen LogP contribution in [-0.2, 0) is 13.6 Å². The minimum Gasteiger partial charge on any atom is -0.344 e. The minimum absolute atomic E-state index is 0. The third-order valence-corrected chi connectivity index (χ3v) is 7.31. The number of hydrogen-bond acceptors (Lipinski definition) is 4. The third kappa shape index (κ3) is 4.79. The van der Waals surface area contributed by atoms with Crippen LogP contribution in [0.15, 0.2) is 81.6 Å². The Kier molecular flexibility index (Phi) is 7.56. The summed E-state index contributed by atoms with van der Waals surface area (Å²) in [5, 5.41) is 5.26. The second-order valence-electron chi connectivity index (χ2n) is 8.64. The summed E-state index contributed by atoms with van der Waals surface area (Å²) < 4.78 is 5.79. The Bertz CT molecular complexity index is 1500. The largest absolute Gasteiger partial charge is 0.344 e. The summed E-state index contributed by atoms with van der Waals surface area (Å²) in [5.41, 5.74) is 10.7. The van der Waals surface area contributed by atoms with E-state index >= 15 is 0 Å². The molecule has 186 valence electrons. The third-order valence-electron chi connectivity index (χ3n) is 6.44. The number of nitrogens with zero attached hydrogens (tertiary/aromatic N) is 5. The fourth-order valence-electron chi connectivity index (χ4n) is 4.40. The van der Waals surface area contributed by atoms with E-state index in [0.29, 0.717) is 16.6 Å². The van der Waals surface area contributed by atoms with Crippen molar-refractivity contribution in [2.24, 2.45) is 17.1 Å². The molecule has 0 aliphatic carbocycles. The predicted octanol–water partition coefficient (Wildman–Crippen LogP) is 5.10. The highest BCUT2D eigenvalue weighted by Gasteiger charge is 2.21. The van der Waals surface area contributed by atoms with Gasteiger partial charge in [0, 0.05) is 36.3 Å². The Morgan fingerprint density at radius 1 is 1.00 bits per heavy atom. The molecule has 0 fully saturated rings. The van der Waals surface area contributed by atoms with Gasteiger partial charge in [-0.2, -0.15) is 5.10 Å². The first-order valence-corrected chi connectivity index (χ1v) is 12.5. The van der Waals surface area contributed by atoms with E-state index in [1.807, 2.05) is 55.1 Å². The number of aryl methyl sites for hydroxylation is 1. The molecule has 1 aliphatic rings. The van der Waals surface area contributed by atoms with Crippen LogP contribution >= 0.6 is 24.2 Å². The smallest absolute Gasteiger partial charge is 0.297 e. The maximum absolute atomic E-state index is 13.2. The summed E-state index contributed by atoms with van der Waals surface area (Å²) in [6.07, 6.45) is 0. The maximum Gasteiger partial charge on any atom is 0.297 e. The van der Waals surface area contributed by atoms with Gasteiger partial charge in [0.05, 0.1) is 17.1 Å². The fraction of sp³-hybridized carbons (Fsp3) is 0.222. The van der Waals surface area contributed by atoms with Crippen LogP contribution in [0.2, 0.25) is 0 Å². The fourth-order valence-corrected chi connectivity index (χ4v) is 5.16. The van der Waals surface area contributed by atoms with Gasteiger partial charge >= 0.3 is 0 Å². The van der Waals surface area contributed by atoms with Gasteiger partial charge in [-0.1, -0.05) is 60.3 Å². The number of thioether (sulfide) groups is 1. The van der Waals surface area contributed by atoms with E-state index in [4.69, 9.17) is 0 Å². The lowest BCUT2D eigenvalue weighted by Crippen LogP contribution is -2.26. The summed E-state index contributed by atoms with van der Waals surface area (Å²) in [5.74, 6) is 0.681. The van der Waals surface area contributed by atoms with Gasteiger partial charge in [0.1, 0.15) is 0 Å². The van der Waals surface area contributed by atoms with Crippen molar-refractivity contribution in [1.29, 1.82) is 0 Å². The number of nitrogens with one attached hydrogen (secondary N) is 1. The highest BCUT2D eigenvalue weighted by molar-refractivity contribution is 8.14. The van der Waals surface area contributed by atoms with Crippen molar-refractivity contribution in [3.63, 3.8) is 0 Å². The first-order valence-electron chi connectivity index (χ1n) is 11.5. The van der Waals surface area contributed by atoms with E-state index in [-0.39, 0.29) is 18.0 Å². The van der Waals surface area contributed by atoms with Gasteiger partial charge in [-0.05, 0) is 44.5 Å². The number of aromatic nitrogens is 3. The molecule has 3 heterocycles. The number of amidine groups is 1. The zero-order valence-corrected chi connectivity index (χ0v) is 22.4. The Balaban J connectivity index is 0.00000304. The molecule has 7 nitrogen and oxygen atoms in total. The topological polar surface area (TPSA) is 68.6 Å². The van der Waals surface area contributed by atoms with Crippen molar-refractivity contribution in [3.8, 4) is 5.69 Å². The SMILES string of the molecule is Cc1cc(C2=NNC(=Nc3c(C)n(C)n(-c4ccccc4)c3=O)SC2)c(C)n1Cc1ccccc1.Cl. The molecule has 2 aromatic carbocycles. The molecule has 2 aromatic heterocycles. The van der Waals surface area contributed by atoms with Gasteiger partial charge < -0.3 is 4.57 Å². The summed E-state index contributed by atoms with van der Waals surface area (Å²) in [7, 11) is 1.87. The number of benzene rings is 2. The van der Waals surface area contributed by atoms with Crippen LogP contribution in [0.3, 0.4) is 0 Å². The summed E-state index contributed by atoms with van der Waals surface area (Å²) >= 11 is 1.56. The molecule has 0 radical (unpaired) electrons. The zero-order valence-electron chi connectivity index (χ0n) is 20.7. The highest BCUT2D eigenvalue weighted by Crippen LogP contribution is 2.24. The lowest BCUT2D eigenvalue weighted by atomic mass is 10.1. The van der Waals surface area contributed by atoms with E-state index in [9.17, 15) is 4.79 Å². The molecular weight excluding hydrogens is 492 g/mol. The number of halogens is 1. The minimum atomic E-state index is -0.148. The van der Waals surface area contributed by atoms with E-state index in [0.717, 1.165) is 29.2 Å². The molecule has 5 rings (SSSR count). The highest BCUT2D eigenvalue weighted by atomic mass is 35.5. The van der Waals surface area contributed by atoms with Crippen molar-refractivity contribution in [1.82, 2.24) is 19.4 Å². The molecule has 1 N–H and O–H groups in total. The maximum atomic E-state index is 13.2. The Hall–Kier alpha value is -3.49. The van der Waals surface area contributed by atoms with E-state index in [2.05, 4.69) is 64.3 Å². The summed E-state index contributed by atoms with van der Waals surface area (Å²) in [4.78, 5) is 17.8. The number of para-hydroxylation sites is 1. The van der Waals surface area contributed by atoms with E-state index < -0.39 is 0 Å². The van der Waals surface area contributed by atoms with Gasteiger partial charge in [0.2, 0.25) is 0 Å². The first kappa shape index (κ1) is 25.6. The molecule has 0 bridgehead atoms. The lowest BCUT2D eigenvalue weighted by molar-refractivity contribution is 0.630. The molecule has 1 aliphatic heterocycles. The molecular formula is C27H29ClN6OS. The molecule has 0 spiro atoms. The molecule has 0 saturated carbocycles. The van der Waals surface area contributed by atoms with Crippen molar-refractivity contribution in [2.45, 2.75) is 27.3 Å². The van der Waals surface area contributed by atoms with Gasteiger partial charge in [-0.15, -0.1) is 12.4 Å². The standard InChI is InChI=1S/C27H28N6OS.ClH/c1-18-15-23(19(2)32(18)16-21-11-7-5-8-12-21)24-17-35-27(30-29-24)28-25-20(3)31(4)33(26(25)34)22-13-9-6-10-14-22;/h5-15H,16-17H2,1-4H3,(H,28,30);1H. The van der Waals surface area contributed by atoms with E-state index in [1.165, 1.54) is 17.0 Å². The van der Waals surface area contributed by atoms with E-state index in [1.54, 1.807) is 16.4 Å². The van der Waals surface area contributed by atoms with Gasteiger partial charge in [-0.25, -0.2) is 9.67 Å². The van der Waals surface area contributed by atoms with Crippen molar-refractivity contribution >= 4 is 40.7 Å². The second-order valence-corrected chi connectivity index (χ2v) is 9.61. The summed E-state index contributed by atoms with van der Waals surface area (Å²) in [6, 6.07) is 22.3. The van der Waals surface area contributed by atoms with Crippen LogP contribution in [0.4, 0.5) is 5.69 Å². The first-order chi connectivity index (χ1) is 16.9. The molecule has 0 amide bonds. The number of aliphatic imine (C=N–C) groups is 1.